The van der Waals surface area contributed by atoms with Crippen LogP contribution in [0.3, 0.4) is 0 Å². The van der Waals surface area contributed by atoms with Crippen molar-refractivity contribution in [1.29, 1.82) is 0 Å². The van der Waals surface area contributed by atoms with Crippen LogP contribution in [0.5, 0.6) is 0 Å². The number of H-pyrrole nitrogens is 1. The standard InChI is InChI=1S/C21H35N5O3/c1-3-5-13-26-19(22)18(20(28)23-21(26)29)25(4-2)17(27)14-24-12-8-10-15-9-6-7-11-16(15)24/h15-16H,3-14,22H2,1-2H3,(H,23,28,29)/t15-,16-/m0/s1. The Morgan fingerprint density at radius 3 is 2.62 bits per heavy atom. The monoisotopic (exact) mass is 405 g/mol. The Morgan fingerprint density at radius 1 is 1.17 bits per heavy atom. The minimum atomic E-state index is -0.593. The summed E-state index contributed by atoms with van der Waals surface area (Å²) in [5.41, 5.74) is 5.20. The average Bonchev–Trinajstić information content (AvgIpc) is 2.71. The molecule has 1 saturated carbocycles. The SMILES string of the molecule is CCCCn1c(N)c(N(CC)C(=O)CN2CCC[C@@H]3CCCC[C@@H]32)c(=O)[nH]c1=O. The topological polar surface area (TPSA) is 104 Å². The number of likely N-dealkylation sites (N-methyl/N-ethyl adjacent to an activating group) is 1. The molecule has 2 heterocycles. The second-order valence-electron chi connectivity index (χ2n) is 8.36. The molecular formula is C21H35N5O3. The maximum atomic E-state index is 13.2. The number of nitrogens with one attached hydrogen (secondary N) is 1. The first-order chi connectivity index (χ1) is 14.0. The van der Waals surface area contributed by atoms with Gasteiger partial charge in [0.05, 0.1) is 6.54 Å². The average molecular weight is 406 g/mol. The Morgan fingerprint density at radius 2 is 1.90 bits per heavy atom. The largest absolute Gasteiger partial charge is 0.383 e. The first-order valence-electron chi connectivity index (χ1n) is 11.1. The summed E-state index contributed by atoms with van der Waals surface area (Å²) in [4.78, 5) is 44.1. The number of carbonyl (C=O) groups is 1. The first kappa shape index (κ1) is 21.6. The smallest absolute Gasteiger partial charge is 0.330 e. The van der Waals surface area contributed by atoms with Crippen LogP contribution >= 0.6 is 0 Å². The van der Waals surface area contributed by atoms with E-state index in [1.54, 1.807) is 0 Å². The lowest BCUT2D eigenvalue weighted by atomic mass is 9.78. The number of nitrogens with zero attached hydrogens (tertiary/aromatic N) is 3. The molecule has 1 saturated heterocycles. The van der Waals surface area contributed by atoms with Crippen LogP contribution in [0, 0.1) is 5.92 Å². The second-order valence-corrected chi connectivity index (χ2v) is 8.36. The number of piperidine rings is 1. The zero-order chi connectivity index (χ0) is 21.0. The zero-order valence-corrected chi connectivity index (χ0v) is 17.8. The van der Waals surface area contributed by atoms with Crippen molar-refractivity contribution in [3.05, 3.63) is 20.8 Å². The van der Waals surface area contributed by atoms with Crippen molar-refractivity contribution >= 4 is 17.4 Å². The Kier molecular flexibility index (Phi) is 7.16. The Balaban J connectivity index is 1.84. The normalized spacial score (nSPS) is 22.3. The number of hydrogen-bond acceptors (Lipinski definition) is 5. The number of unbranched alkanes of at least 4 members (excludes halogenated alkanes) is 1. The maximum absolute atomic E-state index is 13.2. The molecule has 162 valence electrons. The van der Waals surface area contributed by atoms with E-state index < -0.39 is 11.2 Å². The van der Waals surface area contributed by atoms with E-state index in [2.05, 4.69) is 9.88 Å². The number of carbonyl (C=O) groups excluding carboxylic acids is 1. The molecule has 0 bridgehead atoms. The Labute approximate surface area is 172 Å². The van der Waals surface area contributed by atoms with Crippen LogP contribution in [-0.4, -0.2) is 46.0 Å². The highest BCUT2D eigenvalue weighted by Crippen LogP contribution is 2.35. The predicted molar refractivity (Wildman–Crippen MR) is 115 cm³/mol. The van der Waals surface area contributed by atoms with Crippen LogP contribution in [0.4, 0.5) is 11.5 Å². The number of aromatic nitrogens is 2. The van der Waals surface area contributed by atoms with E-state index in [9.17, 15) is 14.4 Å². The summed E-state index contributed by atoms with van der Waals surface area (Å²) in [6.07, 6.45) is 8.94. The molecule has 29 heavy (non-hydrogen) atoms. The molecule has 1 aliphatic carbocycles. The molecule has 8 heteroatoms. The molecule has 1 amide bonds. The minimum absolute atomic E-state index is 0.0802. The van der Waals surface area contributed by atoms with E-state index in [1.807, 2.05) is 13.8 Å². The lowest BCUT2D eigenvalue weighted by Gasteiger charge is -2.44. The molecule has 1 aromatic rings. The minimum Gasteiger partial charge on any atom is -0.383 e. The van der Waals surface area contributed by atoms with Crippen LogP contribution in [-0.2, 0) is 11.3 Å². The number of hydrogen-bond donors (Lipinski definition) is 2. The van der Waals surface area contributed by atoms with Gasteiger partial charge in [0, 0.05) is 19.1 Å². The molecule has 1 aliphatic heterocycles. The number of nitrogen functional groups attached to an aromatic ring is 1. The van der Waals surface area contributed by atoms with Crippen LogP contribution in [0.2, 0.25) is 0 Å². The van der Waals surface area contributed by atoms with Gasteiger partial charge in [-0.15, -0.1) is 0 Å². The fraction of sp³-hybridized carbons (Fsp3) is 0.762. The highest BCUT2D eigenvalue weighted by Gasteiger charge is 2.35. The van der Waals surface area contributed by atoms with Crippen molar-refractivity contribution in [3.63, 3.8) is 0 Å². The van der Waals surface area contributed by atoms with Crippen molar-refractivity contribution in [1.82, 2.24) is 14.5 Å². The van der Waals surface area contributed by atoms with E-state index in [0.29, 0.717) is 31.6 Å². The van der Waals surface area contributed by atoms with Gasteiger partial charge in [-0.1, -0.05) is 26.2 Å². The molecule has 0 spiro atoms. The fourth-order valence-electron chi connectivity index (χ4n) is 5.02. The van der Waals surface area contributed by atoms with Crippen molar-refractivity contribution in [2.45, 2.75) is 77.8 Å². The summed E-state index contributed by atoms with van der Waals surface area (Å²) in [6.45, 7) is 5.82. The molecular weight excluding hydrogens is 370 g/mol. The summed E-state index contributed by atoms with van der Waals surface area (Å²) in [5, 5.41) is 0. The summed E-state index contributed by atoms with van der Waals surface area (Å²) < 4.78 is 1.37. The highest BCUT2D eigenvalue weighted by atomic mass is 16.2. The van der Waals surface area contributed by atoms with Crippen molar-refractivity contribution < 1.29 is 4.79 Å². The van der Waals surface area contributed by atoms with Gasteiger partial charge in [0.2, 0.25) is 5.91 Å². The van der Waals surface area contributed by atoms with Gasteiger partial charge < -0.3 is 10.6 Å². The lowest BCUT2D eigenvalue weighted by molar-refractivity contribution is -0.121. The third kappa shape index (κ3) is 4.57. The van der Waals surface area contributed by atoms with Gasteiger partial charge in [0.1, 0.15) is 5.82 Å². The van der Waals surface area contributed by atoms with Crippen molar-refractivity contribution in [2.75, 3.05) is 30.3 Å². The number of fused-ring (bicyclic) bond motifs is 1. The quantitative estimate of drug-likeness (QED) is 0.721. The molecule has 3 rings (SSSR count). The molecule has 1 aromatic heterocycles. The molecule has 2 atom stereocenters. The van der Waals surface area contributed by atoms with Crippen LogP contribution in [0.25, 0.3) is 0 Å². The third-order valence-corrected chi connectivity index (χ3v) is 6.53. The molecule has 0 unspecified atom stereocenters. The molecule has 2 fully saturated rings. The van der Waals surface area contributed by atoms with Gasteiger partial charge in [-0.2, -0.15) is 0 Å². The van der Waals surface area contributed by atoms with E-state index >= 15 is 0 Å². The maximum Gasteiger partial charge on any atom is 0.330 e. The molecule has 2 aliphatic rings. The molecule has 0 aromatic carbocycles. The summed E-state index contributed by atoms with van der Waals surface area (Å²) in [7, 11) is 0. The van der Waals surface area contributed by atoms with Crippen molar-refractivity contribution in [3.8, 4) is 0 Å². The van der Waals surface area contributed by atoms with Gasteiger partial charge in [0.15, 0.2) is 5.69 Å². The van der Waals surface area contributed by atoms with E-state index in [0.717, 1.165) is 32.2 Å². The number of anilines is 2. The first-order valence-corrected chi connectivity index (χ1v) is 11.1. The zero-order valence-electron chi connectivity index (χ0n) is 17.8. The molecule has 8 nitrogen and oxygen atoms in total. The molecule has 0 radical (unpaired) electrons. The number of amides is 1. The van der Waals surface area contributed by atoms with Gasteiger partial charge >= 0.3 is 5.69 Å². The Bertz CT molecular complexity index is 829. The fourth-order valence-corrected chi connectivity index (χ4v) is 5.02. The Hall–Kier alpha value is -2.09. The van der Waals surface area contributed by atoms with E-state index in [4.69, 9.17) is 5.73 Å². The summed E-state index contributed by atoms with van der Waals surface area (Å²) in [5.74, 6) is 0.637. The summed E-state index contributed by atoms with van der Waals surface area (Å²) >= 11 is 0. The van der Waals surface area contributed by atoms with Crippen LogP contribution < -0.4 is 21.9 Å². The highest BCUT2D eigenvalue weighted by molar-refractivity contribution is 5.96. The lowest BCUT2D eigenvalue weighted by Crippen LogP contribution is -2.52. The second kappa shape index (κ2) is 9.61. The van der Waals surface area contributed by atoms with Gasteiger partial charge in [-0.05, 0) is 51.5 Å². The van der Waals surface area contributed by atoms with Crippen LogP contribution in [0.15, 0.2) is 9.59 Å². The third-order valence-electron chi connectivity index (χ3n) is 6.53. The van der Waals surface area contributed by atoms with Gasteiger partial charge in [0.25, 0.3) is 5.56 Å². The predicted octanol–water partition coefficient (Wildman–Crippen LogP) is 1.93. The number of rotatable bonds is 7. The van der Waals surface area contributed by atoms with Crippen molar-refractivity contribution in [2.24, 2.45) is 5.92 Å². The number of nitrogens with two attached hydrogens (primary N) is 1. The summed E-state index contributed by atoms with van der Waals surface area (Å²) in [6, 6.07) is 0.467. The number of likely N-dealkylation sites (tertiary alicyclic amines) is 1. The van der Waals surface area contributed by atoms with Gasteiger partial charge in [-0.25, -0.2) is 4.79 Å². The number of aromatic amines is 1. The molecule has 3 N–H and O–H groups in total. The van der Waals surface area contributed by atoms with Gasteiger partial charge in [-0.3, -0.25) is 24.0 Å². The van der Waals surface area contributed by atoms with Crippen LogP contribution in [0.1, 0.15) is 65.2 Å². The van der Waals surface area contributed by atoms with E-state index in [-0.39, 0.29) is 17.4 Å². The van der Waals surface area contributed by atoms with E-state index in [1.165, 1.54) is 35.2 Å².